The molecule has 2 N–H and O–H groups in total. The van der Waals surface area contributed by atoms with Crippen LogP contribution in [0.15, 0.2) is 52.2 Å². The molecule has 0 aliphatic carbocycles. The summed E-state index contributed by atoms with van der Waals surface area (Å²) in [5, 5.41) is 10.8. The summed E-state index contributed by atoms with van der Waals surface area (Å²) in [6, 6.07) is 12.0. The van der Waals surface area contributed by atoms with E-state index >= 15 is 0 Å². The van der Waals surface area contributed by atoms with Gasteiger partial charge in [-0.3, -0.25) is 9.79 Å². The quantitative estimate of drug-likeness (QED) is 0.589. The second-order valence-corrected chi connectivity index (χ2v) is 7.12. The zero-order valence-electron chi connectivity index (χ0n) is 15.6. The van der Waals surface area contributed by atoms with E-state index in [1.807, 2.05) is 35.2 Å². The number of morpholine rings is 1. The van der Waals surface area contributed by atoms with Crippen LogP contribution in [0.5, 0.6) is 0 Å². The van der Waals surface area contributed by atoms with E-state index in [-0.39, 0.29) is 11.8 Å². The molecular formula is C20H26N4O2S. The Morgan fingerprint density at radius 2 is 2.00 bits per heavy atom. The van der Waals surface area contributed by atoms with Gasteiger partial charge in [-0.25, -0.2) is 0 Å². The molecule has 6 nitrogen and oxygen atoms in total. The summed E-state index contributed by atoms with van der Waals surface area (Å²) in [6.07, 6.45) is 0. The standard InChI is InChI=1S/C20H26N4O2S/c1-21-20(22-13-16-7-12-27-15-16)23-14-18(17-5-3-2-4-6-17)19(25)24-8-10-26-11-9-24/h2-7,12,15,18H,8-11,13-14H2,1H3,(H2,21,22,23). The predicted molar refractivity (Wildman–Crippen MR) is 109 cm³/mol. The van der Waals surface area contributed by atoms with Gasteiger partial charge in [-0.1, -0.05) is 30.3 Å². The number of aliphatic imine (C=N–C) groups is 1. The Hall–Kier alpha value is -2.38. The molecule has 2 aromatic rings. The number of nitrogens with one attached hydrogen (secondary N) is 2. The van der Waals surface area contributed by atoms with Gasteiger partial charge in [-0.15, -0.1) is 0 Å². The lowest BCUT2D eigenvalue weighted by molar-refractivity contribution is -0.136. The normalized spacial score (nSPS) is 16.0. The highest BCUT2D eigenvalue weighted by Gasteiger charge is 2.27. The van der Waals surface area contributed by atoms with E-state index in [0.29, 0.717) is 45.4 Å². The summed E-state index contributed by atoms with van der Waals surface area (Å²) < 4.78 is 5.38. The summed E-state index contributed by atoms with van der Waals surface area (Å²) in [6.45, 7) is 3.69. The van der Waals surface area contributed by atoms with Crippen LogP contribution < -0.4 is 10.6 Å². The van der Waals surface area contributed by atoms with Crippen LogP contribution in [-0.4, -0.2) is 56.7 Å². The summed E-state index contributed by atoms with van der Waals surface area (Å²) >= 11 is 1.67. The molecule has 1 amide bonds. The Morgan fingerprint density at radius 3 is 2.67 bits per heavy atom. The van der Waals surface area contributed by atoms with Gasteiger partial charge in [0, 0.05) is 33.2 Å². The molecule has 1 fully saturated rings. The van der Waals surface area contributed by atoms with Gasteiger partial charge in [0.1, 0.15) is 0 Å². The van der Waals surface area contributed by atoms with E-state index in [0.717, 1.165) is 5.56 Å². The number of nitrogens with zero attached hydrogens (tertiary/aromatic N) is 2. The number of thiophene rings is 1. The van der Waals surface area contributed by atoms with E-state index in [2.05, 4.69) is 32.5 Å². The molecule has 1 unspecified atom stereocenters. The van der Waals surface area contributed by atoms with Crippen molar-refractivity contribution >= 4 is 23.2 Å². The second-order valence-electron chi connectivity index (χ2n) is 6.34. The van der Waals surface area contributed by atoms with E-state index in [1.54, 1.807) is 18.4 Å². The van der Waals surface area contributed by atoms with Crippen LogP contribution in [0.1, 0.15) is 17.0 Å². The Kier molecular flexibility index (Phi) is 7.24. The van der Waals surface area contributed by atoms with Crippen molar-refractivity contribution in [1.29, 1.82) is 0 Å². The van der Waals surface area contributed by atoms with E-state index in [1.165, 1.54) is 5.56 Å². The van der Waals surface area contributed by atoms with Crippen LogP contribution in [-0.2, 0) is 16.1 Å². The van der Waals surface area contributed by atoms with Gasteiger partial charge >= 0.3 is 0 Å². The number of hydrogen-bond donors (Lipinski definition) is 2. The van der Waals surface area contributed by atoms with Crippen LogP contribution >= 0.6 is 11.3 Å². The molecule has 7 heteroatoms. The third-order valence-corrected chi connectivity index (χ3v) is 5.29. The van der Waals surface area contributed by atoms with Crippen molar-refractivity contribution in [1.82, 2.24) is 15.5 Å². The van der Waals surface area contributed by atoms with Crippen molar-refractivity contribution in [2.75, 3.05) is 39.9 Å². The molecule has 0 saturated carbocycles. The average molecular weight is 387 g/mol. The minimum atomic E-state index is -0.260. The van der Waals surface area contributed by atoms with Gasteiger partial charge in [0.2, 0.25) is 5.91 Å². The maximum absolute atomic E-state index is 13.1. The molecule has 1 aromatic heterocycles. The summed E-state index contributed by atoms with van der Waals surface area (Å²) in [7, 11) is 1.74. The molecule has 144 valence electrons. The average Bonchev–Trinajstić information content (AvgIpc) is 3.25. The summed E-state index contributed by atoms with van der Waals surface area (Å²) in [5.41, 5.74) is 2.22. The fourth-order valence-electron chi connectivity index (χ4n) is 3.04. The van der Waals surface area contributed by atoms with Gasteiger partial charge in [-0.2, -0.15) is 11.3 Å². The third kappa shape index (κ3) is 5.55. The van der Waals surface area contributed by atoms with Gasteiger partial charge in [0.05, 0.1) is 19.1 Å². The Balaban J connectivity index is 1.64. The van der Waals surface area contributed by atoms with E-state index in [9.17, 15) is 4.79 Å². The largest absolute Gasteiger partial charge is 0.378 e. The Bertz CT molecular complexity index is 728. The van der Waals surface area contributed by atoms with Crippen LogP contribution in [0, 0.1) is 0 Å². The molecule has 0 spiro atoms. The zero-order chi connectivity index (χ0) is 18.9. The number of carbonyl (C=O) groups is 1. The smallest absolute Gasteiger partial charge is 0.232 e. The SMILES string of the molecule is CN=C(NCc1ccsc1)NCC(C(=O)N1CCOCC1)c1ccccc1. The van der Waals surface area contributed by atoms with Crippen LogP contribution in [0.25, 0.3) is 0 Å². The number of ether oxygens (including phenoxy) is 1. The highest BCUT2D eigenvalue weighted by atomic mass is 32.1. The lowest BCUT2D eigenvalue weighted by Crippen LogP contribution is -2.47. The maximum atomic E-state index is 13.1. The Labute approximate surface area is 164 Å². The molecule has 1 aromatic carbocycles. The van der Waals surface area contributed by atoms with Crippen molar-refractivity contribution in [3.05, 3.63) is 58.3 Å². The summed E-state index contributed by atoms with van der Waals surface area (Å²) in [4.78, 5) is 19.3. The number of guanidine groups is 1. The molecule has 0 bridgehead atoms. The predicted octanol–water partition coefficient (Wildman–Crippen LogP) is 2.06. The van der Waals surface area contributed by atoms with Crippen LogP contribution in [0.4, 0.5) is 0 Å². The molecule has 27 heavy (non-hydrogen) atoms. The molecule has 1 aliphatic rings. The van der Waals surface area contributed by atoms with Crippen molar-refractivity contribution < 1.29 is 9.53 Å². The van der Waals surface area contributed by atoms with Crippen molar-refractivity contribution in [2.24, 2.45) is 4.99 Å². The number of hydrogen-bond acceptors (Lipinski definition) is 4. The first-order chi connectivity index (χ1) is 13.3. The van der Waals surface area contributed by atoms with Crippen LogP contribution in [0.3, 0.4) is 0 Å². The lowest BCUT2D eigenvalue weighted by atomic mass is 9.97. The number of amides is 1. The van der Waals surface area contributed by atoms with Gasteiger partial charge in [-0.05, 0) is 28.0 Å². The van der Waals surface area contributed by atoms with Gasteiger partial charge in [0.15, 0.2) is 5.96 Å². The topological polar surface area (TPSA) is 66.0 Å². The second kappa shape index (κ2) is 10.1. The molecule has 3 rings (SSSR count). The lowest BCUT2D eigenvalue weighted by Gasteiger charge is -2.31. The van der Waals surface area contributed by atoms with Gasteiger partial charge in [0.25, 0.3) is 0 Å². The maximum Gasteiger partial charge on any atom is 0.232 e. The molecule has 1 saturated heterocycles. The first-order valence-electron chi connectivity index (χ1n) is 9.15. The van der Waals surface area contributed by atoms with E-state index in [4.69, 9.17) is 4.74 Å². The summed E-state index contributed by atoms with van der Waals surface area (Å²) in [5.74, 6) is 0.561. The highest BCUT2D eigenvalue weighted by molar-refractivity contribution is 7.07. The van der Waals surface area contributed by atoms with Crippen LogP contribution in [0.2, 0.25) is 0 Å². The number of rotatable bonds is 6. The van der Waals surface area contributed by atoms with Crippen molar-refractivity contribution in [3.63, 3.8) is 0 Å². The molecule has 1 aliphatic heterocycles. The first-order valence-corrected chi connectivity index (χ1v) is 10.1. The van der Waals surface area contributed by atoms with Gasteiger partial charge < -0.3 is 20.3 Å². The minimum absolute atomic E-state index is 0.130. The van der Waals surface area contributed by atoms with Crippen molar-refractivity contribution in [2.45, 2.75) is 12.5 Å². The highest BCUT2D eigenvalue weighted by Crippen LogP contribution is 2.19. The third-order valence-electron chi connectivity index (χ3n) is 4.56. The van der Waals surface area contributed by atoms with E-state index < -0.39 is 0 Å². The molecule has 1 atom stereocenters. The molecule has 2 heterocycles. The minimum Gasteiger partial charge on any atom is -0.378 e. The first kappa shape index (κ1) is 19.4. The fraction of sp³-hybridized carbons (Fsp3) is 0.400. The monoisotopic (exact) mass is 386 g/mol. The molecule has 0 radical (unpaired) electrons. The number of benzene rings is 1. The molecular weight excluding hydrogens is 360 g/mol. The number of carbonyl (C=O) groups excluding carboxylic acids is 1. The zero-order valence-corrected chi connectivity index (χ0v) is 16.4. The fourth-order valence-corrected chi connectivity index (χ4v) is 3.70. The van der Waals surface area contributed by atoms with Crippen molar-refractivity contribution in [3.8, 4) is 0 Å². The Morgan fingerprint density at radius 1 is 1.22 bits per heavy atom.